The Balaban J connectivity index is 1.46. The summed E-state index contributed by atoms with van der Waals surface area (Å²) in [5, 5.41) is 6.95. The van der Waals surface area contributed by atoms with Gasteiger partial charge in [0.25, 0.3) is 11.7 Å². The maximum absolute atomic E-state index is 13.4. The number of hydrogen-bond acceptors (Lipinski definition) is 5. The normalized spacial score (nSPS) is 11.3. The lowest BCUT2D eigenvalue weighted by Crippen LogP contribution is -2.27. The van der Waals surface area contributed by atoms with E-state index in [0.29, 0.717) is 18.7 Å². The van der Waals surface area contributed by atoms with Gasteiger partial charge < -0.3 is 9.88 Å². The van der Waals surface area contributed by atoms with Gasteiger partial charge in [0.1, 0.15) is 11.6 Å². The summed E-state index contributed by atoms with van der Waals surface area (Å²) < 4.78 is 16.7. The Morgan fingerprint density at radius 1 is 1.27 bits per heavy atom. The zero-order valence-corrected chi connectivity index (χ0v) is 14.3. The molecule has 8 nitrogen and oxygen atoms in total. The molecule has 0 atom stereocenters. The van der Waals surface area contributed by atoms with Crippen LogP contribution in [0.5, 0.6) is 0 Å². The van der Waals surface area contributed by atoms with E-state index < -0.39 is 0 Å². The van der Waals surface area contributed by atoms with Crippen molar-refractivity contribution in [2.75, 3.05) is 6.54 Å². The van der Waals surface area contributed by atoms with Gasteiger partial charge in [0, 0.05) is 31.9 Å². The second-order valence-corrected chi connectivity index (χ2v) is 5.96. The van der Waals surface area contributed by atoms with Gasteiger partial charge in [-0.25, -0.2) is 18.9 Å². The summed E-state index contributed by atoms with van der Waals surface area (Å²) in [5.74, 6) is 0.527. The second-order valence-electron chi connectivity index (χ2n) is 5.96. The molecule has 0 aliphatic heterocycles. The summed E-state index contributed by atoms with van der Waals surface area (Å²) in [7, 11) is 1.82. The van der Waals surface area contributed by atoms with E-state index in [4.69, 9.17) is 0 Å². The van der Waals surface area contributed by atoms with Gasteiger partial charge in [0.15, 0.2) is 0 Å². The summed E-state index contributed by atoms with van der Waals surface area (Å²) in [6, 6.07) is 6.26. The first-order chi connectivity index (χ1) is 12.5. The van der Waals surface area contributed by atoms with Crippen molar-refractivity contribution in [1.82, 2.24) is 34.4 Å². The predicted molar refractivity (Wildman–Crippen MR) is 92.2 cm³/mol. The fourth-order valence-electron chi connectivity index (χ4n) is 2.81. The Morgan fingerprint density at radius 2 is 2.12 bits per heavy atom. The predicted octanol–water partition coefficient (Wildman–Crippen LogP) is 1.43. The van der Waals surface area contributed by atoms with Crippen LogP contribution >= 0.6 is 0 Å². The first kappa shape index (κ1) is 16.1. The number of nitrogens with zero attached hydrogens (tertiary/aromatic N) is 6. The van der Waals surface area contributed by atoms with E-state index >= 15 is 0 Å². The highest BCUT2D eigenvalue weighted by molar-refractivity contribution is 5.90. The van der Waals surface area contributed by atoms with Gasteiger partial charge in [-0.1, -0.05) is 0 Å². The third-order valence-corrected chi connectivity index (χ3v) is 4.20. The van der Waals surface area contributed by atoms with Crippen LogP contribution in [-0.2, 0) is 13.5 Å². The number of imidazole rings is 1. The lowest BCUT2D eigenvalue weighted by atomic mass is 10.3. The number of amides is 1. The minimum Gasteiger partial charge on any atom is -0.349 e. The molecule has 4 rings (SSSR count). The van der Waals surface area contributed by atoms with Crippen LogP contribution < -0.4 is 5.32 Å². The Morgan fingerprint density at radius 3 is 2.92 bits per heavy atom. The molecule has 0 saturated carbocycles. The monoisotopic (exact) mass is 353 g/mol. The fraction of sp³-hybridized carbons (Fsp3) is 0.235. The first-order valence-electron chi connectivity index (χ1n) is 8.10. The van der Waals surface area contributed by atoms with Crippen molar-refractivity contribution in [3.05, 3.63) is 53.6 Å². The molecule has 132 valence electrons. The van der Waals surface area contributed by atoms with Gasteiger partial charge in [-0.05, 0) is 31.2 Å². The number of carbonyl (C=O) groups excluding carboxylic acids is 1. The smallest absolute Gasteiger partial charge is 0.291 e. The third kappa shape index (κ3) is 2.77. The van der Waals surface area contributed by atoms with Crippen LogP contribution in [0.1, 0.15) is 22.1 Å². The number of carbonyl (C=O) groups is 1. The molecule has 4 aromatic rings. The highest BCUT2D eigenvalue weighted by Gasteiger charge is 2.15. The maximum atomic E-state index is 13.4. The summed E-state index contributed by atoms with van der Waals surface area (Å²) in [5.41, 5.74) is 2.28. The molecule has 0 aliphatic rings. The standard InChI is InChI=1S/C17H16FN7O/c1-10-5-7-20-17-22-15(23-25(10)17)16(26)19-8-6-14-21-12-4-3-11(18)9-13(12)24(14)2/h3-5,7,9H,6,8H2,1-2H3,(H,19,26). The topological polar surface area (TPSA) is 90.0 Å². The number of rotatable bonds is 4. The average molecular weight is 353 g/mol. The minimum atomic E-state index is -0.375. The second kappa shape index (κ2) is 6.17. The van der Waals surface area contributed by atoms with Crippen LogP contribution in [0.15, 0.2) is 30.5 Å². The van der Waals surface area contributed by atoms with Crippen molar-refractivity contribution in [2.24, 2.45) is 7.05 Å². The zero-order valence-electron chi connectivity index (χ0n) is 14.3. The summed E-state index contributed by atoms with van der Waals surface area (Å²) in [6.45, 7) is 2.22. The molecule has 0 radical (unpaired) electrons. The van der Waals surface area contributed by atoms with Gasteiger partial charge in [-0.15, -0.1) is 5.10 Å². The molecule has 0 bridgehead atoms. The molecule has 1 aromatic carbocycles. The zero-order chi connectivity index (χ0) is 18.3. The van der Waals surface area contributed by atoms with E-state index in [-0.39, 0.29) is 17.5 Å². The van der Waals surface area contributed by atoms with Crippen molar-refractivity contribution >= 4 is 22.7 Å². The van der Waals surface area contributed by atoms with Crippen LogP contribution in [-0.4, -0.2) is 41.6 Å². The molecular formula is C17H16FN7O. The van der Waals surface area contributed by atoms with Crippen molar-refractivity contribution in [2.45, 2.75) is 13.3 Å². The summed E-state index contributed by atoms with van der Waals surface area (Å²) in [6.07, 6.45) is 2.12. The summed E-state index contributed by atoms with van der Waals surface area (Å²) >= 11 is 0. The van der Waals surface area contributed by atoms with Crippen molar-refractivity contribution in [3.63, 3.8) is 0 Å². The lowest BCUT2D eigenvalue weighted by molar-refractivity contribution is 0.0944. The minimum absolute atomic E-state index is 0.0684. The van der Waals surface area contributed by atoms with Gasteiger partial charge in [0.05, 0.1) is 11.0 Å². The van der Waals surface area contributed by atoms with Crippen LogP contribution in [0.25, 0.3) is 16.8 Å². The Bertz CT molecular complexity index is 1130. The van der Waals surface area contributed by atoms with Crippen LogP contribution in [0.2, 0.25) is 0 Å². The Labute approximate surface area is 147 Å². The lowest BCUT2D eigenvalue weighted by Gasteiger charge is -2.03. The Hall–Kier alpha value is -3.36. The molecule has 3 heterocycles. The molecule has 0 unspecified atom stereocenters. The van der Waals surface area contributed by atoms with Gasteiger partial charge >= 0.3 is 0 Å². The van der Waals surface area contributed by atoms with Crippen LogP contribution in [0.4, 0.5) is 4.39 Å². The number of benzene rings is 1. The molecular weight excluding hydrogens is 337 g/mol. The number of aromatic nitrogens is 6. The molecule has 3 aromatic heterocycles. The number of fused-ring (bicyclic) bond motifs is 2. The molecule has 9 heteroatoms. The maximum Gasteiger partial charge on any atom is 0.291 e. The fourth-order valence-corrected chi connectivity index (χ4v) is 2.81. The highest BCUT2D eigenvalue weighted by Crippen LogP contribution is 2.16. The molecule has 0 saturated heterocycles. The largest absolute Gasteiger partial charge is 0.349 e. The average Bonchev–Trinajstić information content (AvgIpc) is 3.18. The van der Waals surface area contributed by atoms with E-state index in [1.165, 1.54) is 16.6 Å². The molecule has 1 amide bonds. The number of halogens is 1. The quantitative estimate of drug-likeness (QED) is 0.599. The SMILES string of the molecule is Cc1ccnc2nc(C(=O)NCCc3nc4ccc(F)cc4n3C)nn12. The van der Waals surface area contributed by atoms with Gasteiger partial charge in [-0.2, -0.15) is 4.98 Å². The van der Waals surface area contributed by atoms with Crippen LogP contribution in [0, 0.1) is 12.7 Å². The van der Waals surface area contributed by atoms with E-state index in [2.05, 4.69) is 25.4 Å². The molecule has 0 aliphatic carbocycles. The van der Waals surface area contributed by atoms with E-state index in [1.807, 2.05) is 18.5 Å². The third-order valence-electron chi connectivity index (χ3n) is 4.20. The molecule has 26 heavy (non-hydrogen) atoms. The van der Waals surface area contributed by atoms with Gasteiger partial charge in [0.2, 0.25) is 5.82 Å². The Kier molecular flexibility index (Phi) is 3.83. The van der Waals surface area contributed by atoms with Crippen molar-refractivity contribution in [3.8, 4) is 0 Å². The first-order valence-corrected chi connectivity index (χ1v) is 8.10. The number of nitrogens with one attached hydrogen (secondary N) is 1. The van der Waals surface area contributed by atoms with Crippen LogP contribution in [0.3, 0.4) is 0 Å². The van der Waals surface area contributed by atoms with E-state index in [9.17, 15) is 9.18 Å². The van der Waals surface area contributed by atoms with Crippen molar-refractivity contribution in [1.29, 1.82) is 0 Å². The van der Waals surface area contributed by atoms with E-state index in [0.717, 1.165) is 22.6 Å². The molecule has 1 N–H and O–H groups in total. The van der Waals surface area contributed by atoms with E-state index in [1.54, 1.807) is 18.3 Å². The number of aryl methyl sites for hydroxylation is 2. The molecule has 0 fully saturated rings. The number of hydrogen-bond donors (Lipinski definition) is 1. The summed E-state index contributed by atoms with van der Waals surface area (Å²) in [4.78, 5) is 24.9. The molecule has 0 spiro atoms. The highest BCUT2D eigenvalue weighted by atomic mass is 19.1. The van der Waals surface area contributed by atoms with Crippen molar-refractivity contribution < 1.29 is 9.18 Å². The van der Waals surface area contributed by atoms with Gasteiger partial charge in [-0.3, -0.25) is 4.79 Å².